The highest BCUT2D eigenvalue weighted by molar-refractivity contribution is 5.91. The molecule has 10 unspecified atom stereocenters. The number of carbonyl (C=O) groups excluding carboxylic acids is 12. The first-order valence-electron chi connectivity index (χ1n) is 30.0. The summed E-state index contributed by atoms with van der Waals surface area (Å²) in [7, 11) is 0. The zero-order valence-corrected chi connectivity index (χ0v) is 50.3. The molecule has 0 aromatic heterocycles. The van der Waals surface area contributed by atoms with Crippen molar-refractivity contribution in [2.24, 2.45) is 29.6 Å². The maximum absolute atomic E-state index is 12.2. The summed E-state index contributed by atoms with van der Waals surface area (Å²) in [5.74, 6) is -4.83. The van der Waals surface area contributed by atoms with Crippen LogP contribution in [0, 0.1) is 29.6 Å². The maximum atomic E-state index is 12.2. The van der Waals surface area contributed by atoms with Crippen molar-refractivity contribution in [2.45, 2.75) is 206 Å². The Morgan fingerprint density at radius 2 is 0.586 bits per heavy atom. The fraction of sp³-hybridized carbons (Fsp3) is 0.619. The number of esters is 12. The molecule has 3 aliphatic carbocycles. The lowest BCUT2D eigenvalue weighted by atomic mass is 9.83. The molecule has 0 radical (unpaired) electrons. The lowest BCUT2D eigenvalue weighted by Gasteiger charge is -2.37. The van der Waals surface area contributed by atoms with Crippen molar-refractivity contribution in [2.75, 3.05) is 13.2 Å². The smallest absolute Gasteiger partial charge is 0.353 e. The minimum absolute atomic E-state index is 0.0421. The van der Waals surface area contributed by atoms with Crippen LogP contribution >= 0.6 is 0 Å². The van der Waals surface area contributed by atoms with Gasteiger partial charge in [-0.2, -0.15) is 0 Å². The second-order valence-corrected chi connectivity index (χ2v) is 23.0. The van der Waals surface area contributed by atoms with E-state index in [-0.39, 0.29) is 60.7 Å². The zero-order chi connectivity index (χ0) is 63.3. The van der Waals surface area contributed by atoms with Gasteiger partial charge in [0, 0.05) is 40.7 Å². The molecule has 3 saturated carbocycles. The maximum Gasteiger partial charge on any atom is 0.353 e. The molecule has 9 aliphatic rings. The lowest BCUT2D eigenvalue weighted by Crippen LogP contribution is -2.50. The Morgan fingerprint density at radius 1 is 0.310 bits per heavy atom. The second-order valence-electron chi connectivity index (χ2n) is 23.0. The van der Waals surface area contributed by atoms with Crippen molar-refractivity contribution < 1.29 is 114 Å². The molecular weight excluding hydrogens is 1140 g/mol. The molecule has 6 heterocycles. The molecular formula is C63H80O24. The fourth-order valence-electron chi connectivity index (χ4n) is 10.6. The summed E-state index contributed by atoms with van der Waals surface area (Å²) in [4.78, 5) is 136. The molecule has 11 rings (SSSR count). The van der Waals surface area contributed by atoms with Crippen LogP contribution in [0.2, 0.25) is 0 Å². The zero-order valence-electron chi connectivity index (χ0n) is 50.3. The number of hydrogen-bond donors (Lipinski definition) is 0. The van der Waals surface area contributed by atoms with Crippen LogP contribution in [0.3, 0.4) is 0 Å². The number of benzene rings is 2. The number of rotatable bonds is 7. The number of carbonyl (C=O) groups is 12. The molecule has 24 heteroatoms. The summed E-state index contributed by atoms with van der Waals surface area (Å²) in [5.41, 5.74) is 1.22. The van der Waals surface area contributed by atoms with Crippen molar-refractivity contribution >= 4 is 71.6 Å². The van der Waals surface area contributed by atoms with Gasteiger partial charge in [-0.15, -0.1) is 0 Å². The highest BCUT2D eigenvalue weighted by Crippen LogP contribution is 2.36. The summed E-state index contributed by atoms with van der Waals surface area (Å²) >= 11 is 0. The summed E-state index contributed by atoms with van der Waals surface area (Å²) in [5, 5.41) is 0. The van der Waals surface area contributed by atoms with Gasteiger partial charge in [-0.1, -0.05) is 146 Å². The Labute approximate surface area is 504 Å². The van der Waals surface area contributed by atoms with E-state index >= 15 is 0 Å². The number of ether oxygens (including phenoxy) is 12. The van der Waals surface area contributed by atoms with E-state index in [1.165, 1.54) is 40.0 Å². The minimum Gasteiger partial charge on any atom is -0.451 e. The van der Waals surface area contributed by atoms with E-state index in [0.29, 0.717) is 11.1 Å². The van der Waals surface area contributed by atoms with E-state index in [2.05, 4.69) is 18.9 Å². The van der Waals surface area contributed by atoms with Crippen LogP contribution in [0.15, 0.2) is 60.7 Å². The Hall–Kier alpha value is -7.92. The van der Waals surface area contributed by atoms with E-state index in [4.69, 9.17) is 37.9 Å². The van der Waals surface area contributed by atoms with Gasteiger partial charge in [-0.3, -0.25) is 0 Å². The molecule has 24 nitrogen and oxygen atoms in total. The molecule has 6 saturated heterocycles. The van der Waals surface area contributed by atoms with Crippen LogP contribution in [0.4, 0.5) is 0 Å². The first-order chi connectivity index (χ1) is 41.5. The third-order valence-corrected chi connectivity index (χ3v) is 15.5. The second kappa shape index (κ2) is 33.3. The average molecular weight is 1220 g/mol. The molecule has 87 heavy (non-hydrogen) atoms. The van der Waals surface area contributed by atoms with Crippen molar-refractivity contribution in [3.05, 3.63) is 71.8 Å². The van der Waals surface area contributed by atoms with Gasteiger partial charge in [0.1, 0.15) is 0 Å². The molecule has 9 fully saturated rings. The summed E-state index contributed by atoms with van der Waals surface area (Å²) in [6.45, 7) is 11.3. The molecule has 2 aromatic carbocycles. The minimum atomic E-state index is -0.983. The van der Waals surface area contributed by atoms with E-state index < -0.39 is 115 Å². The molecule has 0 spiro atoms. The Kier molecular flexibility index (Phi) is 26.1. The third kappa shape index (κ3) is 20.1. The van der Waals surface area contributed by atoms with Crippen LogP contribution in [-0.4, -0.2) is 134 Å². The topological polar surface area (TPSA) is 316 Å². The van der Waals surface area contributed by atoms with Gasteiger partial charge in [-0.05, 0) is 59.3 Å². The predicted octanol–water partition coefficient (Wildman–Crippen LogP) is 7.06. The Bertz CT molecular complexity index is 2540. The SMILES string of the molecule is CC(C)C1OC(=O)C(C(C)C)OC1=O.CC1OC(=O)C(C)OC1=O.CC1OC(=O)C(C2CCCCC2)OC1=O.O=C1COC(=O)CO1.O=C1OC(C2CCCCC2)C(=O)OC1C1CCCCC1.O=C1OC(c2ccccc2)C(=O)OC1c1ccccc1. The number of cyclic esters (lactones) is 12. The molecule has 476 valence electrons. The van der Waals surface area contributed by atoms with E-state index in [0.717, 1.165) is 77.0 Å². The van der Waals surface area contributed by atoms with Crippen molar-refractivity contribution in [3.8, 4) is 0 Å². The van der Waals surface area contributed by atoms with Gasteiger partial charge in [-0.25, -0.2) is 57.5 Å². The monoisotopic (exact) mass is 1220 g/mol. The first kappa shape index (κ1) is 68.2. The molecule has 10 atom stereocenters. The Morgan fingerprint density at radius 3 is 0.885 bits per heavy atom. The van der Waals surface area contributed by atoms with Crippen molar-refractivity contribution in [3.63, 3.8) is 0 Å². The standard InChI is InChI=1S/C16H24O4.C16H12O4.C11H16O4.C10H16O4.C6H8O4.C4H4O4/c2*17-15-13(11-7-3-1-4-8-11)19-16(18)14(20-15)12-9-5-2-6-10-12;1-7-10(12)15-9(11(13)14-7)8-5-3-2-4-6-8;1-5(2)7-9(11)14-8(6(3)4)10(12)13-7;1-3-5(7)10-4(2)6(8)9-3;5-3-1-7-4(6)2-8-3/h11-14H,1-10H2;1-10,13-14H;7-9H,2-6H2,1H3;5-8H,1-4H3;3-4H,1-2H3;1-2H2. The molecule has 0 bridgehead atoms. The lowest BCUT2D eigenvalue weighted by molar-refractivity contribution is -0.205. The third-order valence-electron chi connectivity index (χ3n) is 15.5. The van der Waals surface area contributed by atoms with Crippen LogP contribution in [0.5, 0.6) is 0 Å². The molecule has 0 amide bonds. The van der Waals surface area contributed by atoms with E-state index in [9.17, 15) is 57.5 Å². The van der Waals surface area contributed by atoms with Crippen LogP contribution in [0.25, 0.3) is 0 Å². The van der Waals surface area contributed by atoms with Crippen molar-refractivity contribution in [1.29, 1.82) is 0 Å². The van der Waals surface area contributed by atoms with Gasteiger partial charge in [0.15, 0.2) is 31.5 Å². The fourth-order valence-corrected chi connectivity index (χ4v) is 10.6. The summed E-state index contributed by atoms with van der Waals surface area (Å²) in [6, 6.07) is 17.7. The average Bonchev–Trinajstić information content (AvgIpc) is 3.32. The van der Waals surface area contributed by atoms with Crippen LogP contribution in [0.1, 0.15) is 168 Å². The predicted molar refractivity (Wildman–Crippen MR) is 298 cm³/mol. The van der Waals surface area contributed by atoms with Gasteiger partial charge < -0.3 is 56.8 Å². The van der Waals surface area contributed by atoms with Crippen LogP contribution in [-0.2, 0) is 114 Å². The van der Waals surface area contributed by atoms with Gasteiger partial charge >= 0.3 is 71.6 Å². The van der Waals surface area contributed by atoms with Crippen LogP contribution < -0.4 is 0 Å². The van der Waals surface area contributed by atoms with E-state index in [1.807, 2.05) is 39.8 Å². The van der Waals surface area contributed by atoms with Gasteiger partial charge in [0.05, 0.1) is 0 Å². The highest BCUT2D eigenvalue weighted by Gasteiger charge is 2.47. The normalized spacial score (nSPS) is 28.6. The summed E-state index contributed by atoms with van der Waals surface area (Å²) < 4.78 is 59.3. The Balaban J connectivity index is 0.000000171. The highest BCUT2D eigenvalue weighted by atomic mass is 16.7. The number of hydrogen-bond acceptors (Lipinski definition) is 24. The quantitative estimate of drug-likeness (QED) is 0.198. The van der Waals surface area contributed by atoms with Gasteiger partial charge in [0.2, 0.25) is 42.7 Å². The van der Waals surface area contributed by atoms with E-state index in [1.54, 1.807) is 48.5 Å². The first-order valence-corrected chi connectivity index (χ1v) is 30.0. The molecule has 2 aromatic rings. The van der Waals surface area contributed by atoms with Gasteiger partial charge in [0.25, 0.3) is 0 Å². The van der Waals surface area contributed by atoms with Crippen molar-refractivity contribution in [1.82, 2.24) is 0 Å². The molecule has 6 aliphatic heterocycles. The molecule has 0 N–H and O–H groups in total. The summed E-state index contributed by atoms with van der Waals surface area (Å²) in [6.07, 6.45) is 8.59. The largest absolute Gasteiger partial charge is 0.451 e.